The Morgan fingerprint density at radius 3 is 2.62 bits per heavy atom. The van der Waals surface area contributed by atoms with Crippen LogP contribution in [0.2, 0.25) is 0 Å². The Morgan fingerprint density at radius 1 is 1.62 bits per heavy atom. The fourth-order valence-electron chi connectivity index (χ4n) is 0.947. The standard InChI is InChI=1S/C8H13N3OS/c1-4(2)8-10-5(3)6(13-8)7(9)11-12/h4,12H,1-3H3,(H2,9,11). The number of nitrogens with zero attached hydrogens (tertiary/aromatic N) is 2. The predicted octanol–water partition coefficient (Wildman–Crippen LogP) is 1.67. The van der Waals surface area contributed by atoms with Gasteiger partial charge in [0.2, 0.25) is 0 Å². The molecule has 0 saturated heterocycles. The first kappa shape index (κ1) is 9.98. The number of rotatable bonds is 2. The fourth-order valence-corrected chi connectivity index (χ4v) is 1.91. The first-order valence-corrected chi connectivity index (χ1v) is 4.83. The number of nitrogens with two attached hydrogens (primary N) is 1. The molecule has 0 spiro atoms. The maximum absolute atomic E-state index is 8.50. The molecule has 0 atom stereocenters. The molecule has 0 aliphatic rings. The van der Waals surface area contributed by atoms with Crippen LogP contribution in [0.15, 0.2) is 5.16 Å². The molecule has 0 fully saturated rings. The number of aromatic nitrogens is 1. The van der Waals surface area contributed by atoms with Crippen LogP contribution in [0.3, 0.4) is 0 Å². The van der Waals surface area contributed by atoms with Crippen molar-refractivity contribution >= 4 is 17.2 Å². The van der Waals surface area contributed by atoms with Crippen LogP contribution >= 0.6 is 11.3 Å². The zero-order valence-corrected chi connectivity index (χ0v) is 8.72. The Kier molecular flexibility index (Phi) is 2.87. The van der Waals surface area contributed by atoms with Gasteiger partial charge in [-0.2, -0.15) is 0 Å². The summed E-state index contributed by atoms with van der Waals surface area (Å²) >= 11 is 1.47. The van der Waals surface area contributed by atoms with E-state index in [9.17, 15) is 0 Å². The van der Waals surface area contributed by atoms with E-state index in [4.69, 9.17) is 10.9 Å². The quantitative estimate of drug-likeness (QED) is 0.329. The highest BCUT2D eigenvalue weighted by Gasteiger charge is 2.12. The fraction of sp³-hybridized carbons (Fsp3) is 0.500. The molecule has 3 N–H and O–H groups in total. The molecule has 5 heteroatoms. The SMILES string of the molecule is Cc1nc(C(C)C)sc1/C(N)=N/O. The van der Waals surface area contributed by atoms with Crippen molar-refractivity contribution in [2.45, 2.75) is 26.7 Å². The summed E-state index contributed by atoms with van der Waals surface area (Å²) in [5, 5.41) is 12.5. The van der Waals surface area contributed by atoms with Crippen LogP contribution < -0.4 is 5.73 Å². The van der Waals surface area contributed by atoms with Crippen LogP contribution in [-0.4, -0.2) is 16.0 Å². The molecule has 1 aromatic rings. The summed E-state index contributed by atoms with van der Waals surface area (Å²) in [6, 6.07) is 0. The molecular formula is C8H13N3OS. The zero-order valence-electron chi connectivity index (χ0n) is 7.90. The highest BCUT2D eigenvalue weighted by Crippen LogP contribution is 2.23. The van der Waals surface area contributed by atoms with Gasteiger partial charge in [0.15, 0.2) is 5.84 Å². The molecule has 0 aliphatic carbocycles. The van der Waals surface area contributed by atoms with E-state index in [1.807, 2.05) is 6.92 Å². The van der Waals surface area contributed by atoms with Gasteiger partial charge in [0.25, 0.3) is 0 Å². The molecule has 1 heterocycles. The van der Waals surface area contributed by atoms with Crippen molar-refractivity contribution in [2.75, 3.05) is 0 Å². The first-order valence-electron chi connectivity index (χ1n) is 4.01. The molecule has 0 bridgehead atoms. The van der Waals surface area contributed by atoms with Crippen molar-refractivity contribution in [3.05, 3.63) is 15.6 Å². The van der Waals surface area contributed by atoms with Gasteiger partial charge in [0.1, 0.15) is 0 Å². The smallest absolute Gasteiger partial charge is 0.182 e. The van der Waals surface area contributed by atoms with E-state index in [0.717, 1.165) is 15.6 Å². The maximum Gasteiger partial charge on any atom is 0.182 e. The molecule has 72 valence electrons. The van der Waals surface area contributed by atoms with Gasteiger partial charge in [0, 0.05) is 5.92 Å². The van der Waals surface area contributed by atoms with E-state index in [1.54, 1.807) is 0 Å². The lowest BCUT2D eigenvalue weighted by atomic mass is 10.2. The van der Waals surface area contributed by atoms with Crippen LogP contribution in [0.4, 0.5) is 0 Å². The van der Waals surface area contributed by atoms with Gasteiger partial charge >= 0.3 is 0 Å². The molecular weight excluding hydrogens is 186 g/mol. The number of aryl methyl sites for hydroxylation is 1. The molecule has 1 aromatic heterocycles. The normalized spacial score (nSPS) is 12.5. The van der Waals surface area contributed by atoms with E-state index in [0.29, 0.717) is 5.92 Å². The number of amidine groups is 1. The van der Waals surface area contributed by atoms with Gasteiger partial charge in [0.05, 0.1) is 15.6 Å². The van der Waals surface area contributed by atoms with E-state index >= 15 is 0 Å². The minimum Gasteiger partial charge on any atom is -0.409 e. The second kappa shape index (κ2) is 3.74. The first-order chi connectivity index (χ1) is 6.06. The van der Waals surface area contributed by atoms with E-state index in [2.05, 4.69) is 24.0 Å². The molecule has 4 nitrogen and oxygen atoms in total. The van der Waals surface area contributed by atoms with E-state index in [-0.39, 0.29) is 5.84 Å². The molecule has 0 unspecified atom stereocenters. The Bertz CT molecular complexity index is 330. The molecule has 0 aromatic carbocycles. The van der Waals surface area contributed by atoms with Crippen LogP contribution in [0.5, 0.6) is 0 Å². The summed E-state index contributed by atoms with van der Waals surface area (Å²) < 4.78 is 0. The highest BCUT2D eigenvalue weighted by molar-refractivity contribution is 7.14. The van der Waals surface area contributed by atoms with E-state index in [1.165, 1.54) is 11.3 Å². The maximum atomic E-state index is 8.50. The largest absolute Gasteiger partial charge is 0.409 e. The Balaban J connectivity index is 3.10. The summed E-state index contributed by atoms with van der Waals surface area (Å²) in [6.07, 6.45) is 0. The average Bonchev–Trinajstić information content (AvgIpc) is 2.46. The highest BCUT2D eigenvalue weighted by atomic mass is 32.1. The molecule has 0 radical (unpaired) electrons. The third-order valence-electron chi connectivity index (χ3n) is 1.65. The minimum atomic E-state index is 0.141. The Morgan fingerprint density at radius 2 is 2.23 bits per heavy atom. The lowest BCUT2D eigenvalue weighted by molar-refractivity contribution is 0.318. The predicted molar refractivity (Wildman–Crippen MR) is 53.5 cm³/mol. The van der Waals surface area contributed by atoms with Gasteiger partial charge in [-0.25, -0.2) is 4.98 Å². The lowest BCUT2D eigenvalue weighted by Gasteiger charge is -1.95. The van der Waals surface area contributed by atoms with Crippen molar-refractivity contribution in [1.29, 1.82) is 0 Å². The Labute approximate surface area is 81.1 Å². The number of hydrogen-bond donors (Lipinski definition) is 2. The summed E-state index contributed by atoms with van der Waals surface area (Å²) in [4.78, 5) is 5.08. The summed E-state index contributed by atoms with van der Waals surface area (Å²) in [5.41, 5.74) is 6.30. The summed E-state index contributed by atoms with van der Waals surface area (Å²) in [7, 11) is 0. The third-order valence-corrected chi connectivity index (χ3v) is 3.13. The van der Waals surface area contributed by atoms with Gasteiger partial charge in [-0.1, -0.05) is 19.0 Å². The zero-order chi connectivity index (χ0) is 10.0. The van der Waals surface area contributed by atoms with Gasteiger partial charge in [-0.3, -0.25) is 0 Å². The van der Waals surface area contributed by atoms with Crippen molar-refractivity contribution in [3.63, 3.8) is 0 Å². The second-order valence-corrected chi connectivity index (χ2v) is 4.14. The van der Waals surface area contributed by atoms with Crippen LogP contribution in [0.25, 0.3) is 0 Å². The second-order valence-electron chi connectivity index (χ2n) is 3.11. The summed E-state index contributed by atoms with van der Waals surface area (Å²) in [5.74, 6) is 0.519. The number of thiazole rings is 1. The molecule has 0 aliphatic heterocycles. The summed E-state index contributed by atoms with van der Waals surface area (Å²) in [6.45, 7) is 5.98. The van der Waals surface area contributed by atoms with E-state index < -0.39 is 0 Å². The third kappa shape index (κ3) is 1.98. The molecule has 1 rings (SSSR count). The van der Waals surface area contributed by atoms with Crippen molar-refractivity contribution in [2.24, 2.45) is 10.9 Å². The van der Waals surface area contributed by atoms with Crippen molar-refractivity contribution in [3.8, 4) is 0 Å². The lowest BCUT2D eigenvalue weighted by Crippen LogP contribution is -2.12. The van der Waals surface area contributed by atoms with Gasteiger partial charge in [-0.15, -0.1) is 11.3 Å². The molecule has 0 amide bonds. The number of oxime groups is 1. The van der Waals surface area contributed by atoms with Crippen LogP contribution in [0, 0.1) is 6.92 Å². The van der Waals surface area contributed by atoms with Gasteiger partial charge in [-0.05, 0) is 6.92 Å². The number of hydrogen-bond acceptors (Lipinski definition) is 4. The van der Waals surface area contributed by atoms with Crippen LogP contribution in [0.1, 0.15) is 35.3 Å². The van der Waals surface area contributed by atoms with Crippen molar-refractivity contribution in [1.82, 2.24) is 4.98 Å². The van der Waals surface area contributed by atoms with Crippen molar-refractivity contribution < 1.29 is 5.21 Å². The monoisotopic (exact) mass is 199 g/mol. The Hall–Kier alpha value is -1.10. The molecule has 13 heavy (non-hydrogen) atoms. The average molecular weight is 199 g/mol. The molecule has 0 saturated carbocycles. The van der Waals surface area contributed by atoms with Gasteiger partial charge < -0.3 is 10.9 Å². The topological polar surface area (TPSA) is 71.5 Å². The van der Waals surface area contributed by atoms with Crippen LogP contribution in [-0.2, 0) is 0 Å². The minimum absolute atomic E-state index is 0.141.